The van der Waals surface area contributed by atoms with Crippen molar-refractivity contribution in [2.45, 2.75) is 0 Å². The lowest BCUT2D eigenvalue weighted by molar-refractivity contribution is 0.104. The number of hydrogen-bond acceptors (Lipinski definition) is 3. The Labute approximate surface area is 120 Å². The molecule has 0 spiro atoms. The molecule has 0 radical (unpaired) electrons. The zero-order valence-corrected chi connectivity index (χ0v) is 12.3. The van der Waals surface area contributed by atoms with E-state index < -0.39 is 0 Å². The number of nitrogen functional groups attached to an aromatic ring is 1. The number of carbonyl (C=O) groups excluding carboxylic acids is 1. The summed E-state index contributed by atoms with van der Waals surface area (Å²) in [6, 6.07) is 6.44. The van der Waals surface area contributed by atoms with Crippen LogP contribution in [0.15, 0.2) is 28.1 Å². The van der Waals surface area contributed by atoms with Crippen molar-refractivity contribution in [1.82, 2.24) is 0 Å². The number of carbonyl (C=O) groups is 1. The first-order chi connectivity index (χ1) is 7.99. The Morgan fingerprint density at radius 1 is 1.24 bits per heavy atom. The predicted molar refractivity (Wildman–Crippen MR) is 76.3 cm³/mol. The zero-order chi connectivity index (χ0) is 12.6. The lowest BCUT2D eigenvalue weighted by Crippen LogP contribution is -1.99. The minimum atomic E-state index is -0.119. The van der Waals surface area contributed by atoms with Crippen molar-refractivity contribution in [3.05, 3.63) is 48.5 Å². The van der Waals surface area contributed by atoms with Crippen LogP contribution in [0.2, 0.25) is 10.0 Å². The number of ketones is 1. The number of benzene rings is 1. The van der Waals surface area contributed by atoms with Crippen molar-refractivity contribution < 1.29 is 4.79 Å². The van der Waals surface area contributed by atoms with Gasteiger partial charge in [0.15, 0.2) is 0 Å². The third-order valence-corrected chi connectivity index (χ3v) is 4.94. The molecule has 0 unspecified atom stereocenters. The van der Waals surface area contributed by atoms with Crippen molar-refractivity contribution in [2.24, 2.45) is 0 Å². The molecule has 6 heteroatoms. The fourth-order valence-electron chi connectivity index (χ4n) is 1.29. The number of hydrogen-bond donors (Lipinski definition) is 1. The molecule has 0 fully saturated rings. The van der Waals surface area contributed by atoms with Gasteiger partial charge < -0.3 is 5.73 Å². The van der Waals surface area contributed by atoms with Gasteiger partial charge in [-0.2, -0.15) is 0 Å². The fourth-order valence-corrected chi connectivity index (χ4v) is 3.07. The summed E-state index contributed by atoms with van der Waals surface area (Å²) >= 11 is 16.2. The number of thiophene rings is 1. The Balaban J connectivity index is 2.40. The normalized spacial score (nSPS) is 10.5. The second-order valence-electron chi connectivity index (χ2n) is 3.30. The van der Waals surface area contributed by atoms with Gasteiger partial charge >= 0.3 is 0 Å². The lowest BCUT2D eigenvalue weighted by Gasteiger charge is -2.01. The van der Waals surface area contributed by atoms with Crippen molar-refractivity contribution in [1.29, 1.82) is 0 Å². The Kier molecular flexibility index (Phi) is 3.78. The topological polar surface area (TPSA) is 43.1 Å². The second-order valence-corrected chi connectivity index (χ2v) is 6.48. The zero-order valence-electron chi connectivity index (χ0n) is 8.34. The average Bonchev–Trinajstić information content (AvgIpc) is 2.62. The van der Waals surface area contributed by atoms with E-state index in [1.807, 2.05) is 0 Å². The molecule has 2 aromatic rings. The predicted octanol–water partition coefficient (Wildman–Crippen LogP) is 4.63. The first-order valence-corrected chi connectivity index (χ1v) is 6.90. The molecule has 0 amide bonds. The summed E-state index contributed by atoms with van der Waals surface area (Å²) in [4.78, 5) is 12.7. The van der Waals surface area contributed by atoms with E-state index in [9.17, 15) is 4.79 Å². The van der Waals surface area contributed by atoms with Crippen molar-refractivity contribution in [2.75, 3.05) is 5.73 Å². The highest BCUT2D eigenvalue weighted by atomic mass is 79.9. The fraction of sp³-hybridized carbons (Fsp3) is 0. The standard InChI is InChI=1S/C11H6BrCl2NOS/c12-11-7(14)4-9(17-11)10(16)5-1-2-6(13)8(15)3-5/h1-4H,15H2. The maximum atomic E-state index is 12.1. The maximum absolute atomic E-state index is 12.1. The summed E-state index contributed by atoms with van der Waals surface area (Å²) in [6.45, 7) is 0. The van der Waals surface area contributed by atoms with E-state index in [0.29, 0.717) is 26.2 Å². The Morgan fingerprint density at radius 2 is 1.94 bits per heavy atom. The molecule has 0 saturated carbocycles. The summed E-state index contributed by atoms with van der Waals surface area (Å²) in [5.74, 6) is -0.119. The van der Waals surface area contributed by atoms with Gasteiger partial charge in [0.1, 0.15) is 0 Å². The van der Waals surface area contributed by atoms with E-state index in [1.165, 1.54) is 11.3 Å². The van der Waals surface area contributed by atoms with E-state index >= 15 is 0 Å². The highest BCUT2D eigenvalue weighted by molar-refractivity contribution is 9.11. The van der Waals surface area contributed by atoms with Crippen LogP contribution in [0.25, 0.3) is 0 Å². The second kappa shape index (κ2) is 4.98. The van der Waals surface area contributed by atoms with Crippen LogP contribution in [0.4, 0.5) is 5.69 Å². The molecular weight excluding hydrogens is 345 g/mol. The first kappa shape index (κ1) is 12.9. The van der Waals surface area contributed by atoms with Gasteiger partial charge in [-0.1, -0.05) is 23.2 Å². The Bertz CT molecular complexity index is 578. The molecular formula is C11H6BrCl2NOS. The van der Waals surface area contributed by atoms with Gasteiger partial charge in [0.25, 0.3) is 0 Å². The summed E-state index contributed by atoms with van der Waals surface area (Å²) < 4.78 is 0.740. The van der Waals surface area contributed by atoms with Crippen molar-refractivity contribution >= 4 is 61.9 Å². The molecule has 0 aliphatic carbocycles. The van der Waals surface area contributed by atoms with E-state index in [-0.39, 0.29) is 5.78 Å². The Hall–Kier alpha value is -0.550. The van der Waals surface area contributed by atoms with E-state index in [0.717, 1.165) is 3.79 Å². The monoisotopic (exact) mass is 349 g/mol. The quantitative estimate of drug-likeness (QED) is 0.633. The van der Waals surface area contributed by atoms with Crippen LogP contribution < -0.4 is 5.73 Å². The molecule has 1 aromatic carbocycles. The number of rotatable bonds is 2. The van der Waals surface area contributed by atoms with Crippen LogP contribution in [-0.2, 0) is 0 Å². The van der Waals surface area contributed by atoms with Crippen LogP contribution in [0, 0.1) is 0 Å². The highest BCUT2D eigenvalue weighted by Gasteiger charge is 2.15. The van der Waals surface area contributed by atoms with Gasteiger partial charge in [0, 0.05) is 5.56 Å². The minimum Gasteiger partial charge on any atom is -0.398 e. The summed E-state index contributed by atoms with van der Waals surface area (Å²) in [5.41, 5.74) is 6.54. The van der Waals surface area contributed by atoms with Crippen LogP contribution in [0.3, 0.4) is 0 Å². The van der Waals surface area contributed by atoms with Crippen LogP contribution in [0.1, 0.15) is 15.2 Å². The molecule has 0 saturated heterocycles. The molecule has 1 heterocycles. The average molecular weight is 351 g/mol. The molecule has 2 nitrogen and oxygen atoms in total. The molecule has 1 aromatic heterocycles. The van der Waals surface area contributed by atoms with Crippen molar-refractivity contribution in [3.8, 4) is 0 Å². The maximum Gasteiger partial charge on any atom is 0.203 e. The van der Waals surface area contributed by atoms with Gasteiger partial charge in [-0.3, -0.25) is 4.79 Å². The molecule has 0 aliphatic rings. The lowest BCUT2D eigenvalue weighted by atomic mass is 10.1. The molecule has 88 valence electrons. The van der Waals surface area contributed by atoms with Gasteiger partial charge in [0.05, 0.1) is 24.4 Å². The van der Waals surface area contributed by atoms with Crippen molar-refractivity contribution in [3.63, 3.8) is 0 Å². The molecule has 2 N–H and O–H groups in total. The number of anilines is 1. The number of nitrogens with two attached hydrogens (primary N) is 1. The van der Waals surface area contributed by atoms with Crippen LogP contribution >= 0.6 is 50.5 Å². The van der Waals surface area contributed by atoms with Gasteiger partial charge in [-0.25, -0.2) is 0 Å². The summed E-state index contributed by atoms with van der Waals surface area (Å²) in [5, 5.41) is 0.965. The molecule has 2 rings (SSSR count). The third kappa shape index (κ3) is 2.65. The van der Waals surface area contributed by atoms with E-state index in [4.69, 9.17) is 28.9 Å². The van der Waals surface area contributed by atoms with E-state index in [2.05, 4.69) is 15.9 Å². The third-order valence-electron chi connectivity index (χ3n) is 2.13. The van der Waals surface area contributed by atoms with Crippen LogP contribution in [-0.4, -0.2) is 5.78 Å². The van der Waals surface area contributed by atoms with Gasteiger partial charge in [-0.05, 0) is 40.2 Å². The summed E-state index contributed by atoms with van der Waals surface area (Å²) in [7, 11) is 0. The molecule has 0 atom stereocenters. The van der Waals surface area contributed by atoms with Gasteiger partial charge in [-0.15, -0.1) is 11.3 Å². The molecule has 0 bridgehead atoms. The minimum absolute atomic E-state index is 0.119. The Morgan fingerprint density at radius 3 is 2.47 bits per heavy atom. The largest absolute Gasteiger partial charge is 0.398 e. The first-order valence-electron chi connectivity index (χ1n) is 4.53. The summed E-state index contributed by atoms with van der Waals surface area (Å²) in [6.07, 6.45) is 0. The van der Waals surface area contributed by atoms with Gasteiger partial charge in [0.2, 0.25) is 5.78 Å². The van der Waals surface area contributed by atoms with Crippen LogP contribution in [0.5, 0.6) is 0 Å². The SMILES string of the molecule is Nc1cc(C(=O)c2cc(Cl)c(Br)s2)ccc1Cl. The molecule has 0 aliphatic heterocycles. The van der Waals surface area contributed by atoms with E-state index in [1.54, 1.807) is 24.3 Å². The highest BCUT2D eigenvalue weighted by Crippen LogP contribution is 2.33. The number of halogens is 3. The molecule has 17 heavy (non-hydrogen) atoms. The smallest absolute Gasteiger partial charge is 0.203 e.